The van der Waals surface area contributed by atoms with Crippen molar-refractivity contribution in [1.82, 2.24) is 10.2 Å². The number of rotatable bonds is 6. The molecular formula is C14H21Cl3N2OS. The summed E-state index contributed by atoms with van der Waals surface area (Å²) in [4.78, 5) is 14.3. The third-order valence-corrected chi connectivity index (χ3v) is 5.27. The van der Waals surface area contributed by atoms with Gasteiger partial charge in [-0.3, -0.25) is 4.79 Å². The normalized spacial score (nSPS) is 17.9. The highest BCUT2D eigenvalue weighted by Crippen LogP contribution is 2.32. The van der Waals surface area contributed by atoms with Crippen LogP contribution in [0, 0.1) is 0 Å². The molecule has 1 aromatic heterocycles. The van der Waals surface area contributed by atoms with Crippen LogP contribution in [0.3, 0.4) is 0 Å². The largest absolute Gasteiger partial charge is 0.338 e. The van der Waals surface area contributed by atoms with Gasteiger partial charge in [-0.2, -0.15) is 0 Å². The molecule has 0 aromatic carbocycles. The zero-order valence-electron chi connectivity index (χ0n) is 12.0. The Balaban J connectivity index is 0.00000220. The number of nitrogens with zero attached hydrogens (tertiary/aromatic N) is 1. The van der Waals surface area contributed by atoms with Crippen molar-refractivity contribution in [3.63, 3.8) is 0 Å². The van der Waals surface area contributed by atoms with Crippen molar-refractivity contribution in [2.75, 3.05) is 20.1 Å². The fraction of sp³-hybridized carbons (Fsp3) is 0.643. The smallest absolute Gasteiger partial charge is 0.222 e. The van der Waals surface area contributed by atoms with E-state index in [9.17, 15) is 4.79 Å². The summed E-state index contributed by atoms with van der Waals surface area (Å²) in [5.41, 5.74) is 1.06. The second kappa shape index (κ2) is 9.21. The molecule has 1 aromatic rings. The van der Waals surface area contributed by atoms with Crippen molar-refractivity contribution in [2.24, 2.45) is 0 Å². The quantitative estimate of drug-likeness (QED) is 0.819. The number of carbonyl (C=O) groups excluding carboxylic acids is 1. The van der Waals surface area contributed by atoms with Crippen LogP contribution < -0.4 is 5.32 Å². The van der Waals surface area contributed by atoms with E-state index in [4.69, 9.17) is 23.2 Å². The molecule has 1 aliphatic heterocycles. The summed E-state index contributed by atoms with van der Waals surface area (Å²) in [5, 5.41) is 3.16. The highest BCUT2D eigenvalue weighted by molar-refractivity contribution is 7.20. The molecule has 1 aliphatic rings. The van der Waals surface area contributed by atoms with E-state index in [1.165, 1.54) is 11.3 Å². The number of likely N-dealkylation sites (tertiary alicyclic amines) is 1. The number of carbonyl (C=O) groups is 1. The molecule has 0 radical (unpaired) electrons. The maximum Gasteiger partial charge on any atom is 0.222 e. The second-order valence-electron chi connectivity index (χ2n) is 5.14. The van der Waals surface area contributed by atoms with E-state index in [1.54, 1.807) is 0 Å². The van der Waals surface area contributed by atoms with E-state index in [2.05, 4.69) is 5.32 Å². The molecule has 21 heavy (non-hydrogen) atoms. The third kappa shape index (κ3) is 5.29. The Kier molecular flexibility index (Phi) is 8.35. The first-order valence-electron chi connectivity index (χ1n) is 6.99. The summed E-state index contributed by atoms with van der Waals surface area (Å²) in [6.45, 7) is 1.79. The van der Waals surface area contributed by atoms with Crippen LogP contribution in [0.2, 0.25) is 8.67 Å². The average Bonchev–Trinajstić information content (AvgIpc) is 2.97. The van der Waals surface area contributed by atoms with Crippen molar-refractivity contribution in [1.29, 1.82) is 0 Å². The molecule has 0 saturated carbocycles. The predicted molar refractivity (Wildman–Crippen MR) is 93.2 cm³/mol. The molecule has 120 valence electrons. The van der Waals surface area contributed by atoms with E-state index in [0.29, 0.717) is 16.8 Å². The lowest BCUT2D eigenvalue weighted by molar-refractivity contribution is -0.132. The van der Waals surface area contributed by atoms with Crippen molar-refractivity contribution in [3.05, 3.63) is 20.3 Å². The van der Waals surface area contributed by atoms with E-state index in [1.807, 2.05) is 18.0 Å². The fourth-order valence-electron chi connectivity index (χ4n) is 2.73. The maximum atomic E-state index is 12.3. The first kappa shape index (κ1) is 19.0. The van der Waals surface area contributed by atoms with Gasteiger partial charge in [-0.1, -0.05) is 23.2 Å². The standard InChI is InChI=1S/C14H20Cl2N2OS.ClH/c1-17-9-11-5-3-7-18(11)13(19)6-2-4-10-8-12(15)20-14(10)16;/h8,11,17H,2-7,9H2,1H3;1H. The molecule has 0 aliphatic carbocycles. The molecule has 2 heterocycles. The SMILES string of the molecule is CNCC1CCCN1C(=O)CCCc1cc(Cl)sc1Cl.Cl. The number of aryl methyl sites for hydroxylation is 1. The van der Waals surface area contributed by atoms with Crippen molar-refractivity contribution < 1.29 is 4.79 Å². The number of likely N-dealkylation sites (N-methyl/N-ethyl adjacent to an activating group) is 1. The van der Waals surface area contributed by atoms with Gasteiger partial charge in [0.05, 0.1) is 8.67 Å². The van der Waals surface area contributed by atoms with Gasteiger partial charge in [0.15, 0.2) is 0 Å². The highest BCUT2D eigenvalue weighted by atomic mass is 35.5. The minimum atomic E-state index is 0. The molecule has 1 amide bonds. The van der Waals surface area contributed by atoms with Crippen molar-refractivity contribution in [3.8, 4) is 0 Å². The van der Waals surface area contributed by atoms with E-state index >= 15 is 0 Å². The predicted octanol–water partition coefficient (Wildman–Crippen LogP) is 4.01. The summed E-state index contributed by atoms with van der Waals surface area (Å²) >= 11 is 13.4. The summed E-state index contributed by atoms with van der Waals surface area (Å²) in [5.74, 6) is 0.264. The number of amides is 1. The average molecular weight is 372 g/mol. The van der Waals surface area contributed by atoms with Gasteiger partial charge in [-0.15, -0.1) is 23.7 Å². The van der Waals surface area contributed by atoms with Crippen LogP contribution in [-0.2, 0) is 11.2 Å². The van der Waals surface area contributed by atoms with Gasteiger partial charge in [0.25, 0.3) is 0 Å². The molecule has 0 bridgehead atoms. The molecular weight excluding hydrogens is 351 g/mol. The van der Waals surface area contributed by atoms with Crippen molar-refractivity contribution >= 4 is 52.9 Å². The summed E-state index contributed by atoms with van der Waals surface area (Å²) in [6.07, 6.45) is 4.46. The summed E-state index contributed by atoms with van der Waals surface area (Å²) < 4.78 is 1.46. The van der Waals surface area contributed by atoms with E-state index in [0.717, 1.165) is 48.7 Å². The monoisotopic (exact) mass is 370 g/mol. The van der Waals surface area contributed by atoms with Crippen LogP contribution in [0.4, 0.5) is 0 Å². The van der Waals surface area contributed by atoms with Gasteiger partial charge >= 0.3 is 0 Å². The van der Waals surface area contributed by atoms with Crippen LogP contribution in [0.15, 0.2) is 6.07 Å². The summed E-state index contributed by atoms with van der Waals surface area (Å²) in [6, 6.07) is 2.27. The minimum absolute atomic E-state index is 0. The number of thiophene rings is 1. The third-order valence-electron chi connectivity index (χ3n) is 3.70. The van der Waals surface area contributed by atoms with Gasteiger partial charge in [0.2, 0.25) is 5.91 Å². The van der Waals surface area contributed by atoms with Gasteiger partial charge in [-0.25, -0.2) is 0 Å². The lowest BCUT2D eigenvalue weighted by atomic mass is 10.1. The molecule has 1 unspecified atom stereocenters. The fourth-order valence-corrected chi connectivity index (χ4v) is 4.27. The molecule has 1 N–H and O–H groups in total. The Labute approximate surface area is 146 Å². The first-order chi connectivity index (χ1) is 9.61. The van der Waals surface area contributed by atoms with Gasteiger partial charge in [0, 0.05) is 25.6 Å². The Hall–Kier alpha value is -0.000000000000000222. The van der Waals surface area contributed by atoms with Crippen LogP contribution in [0.1, 0.15) is 31.2 Å². The van der Waals surface area contributed by atoms with E-state index < -0.39 is 0 Å². The number of hydrogen-bond acceptors (Lipinski definition) is 3. The molecule has 7 heteroatoms. The molecule has 3 nitrogen and oxygen atoms in total. The number of hydrogen-bond donors (Lipinski definition) is 1. The second-order valence-corrected chi connectivity index (χ2v) is 7.43. The molecule has 0 spiro atoms. The topological polar surface area (TPSA) is 32.3 Å². The van der Waals surface area contributed by atoms with Gasteiger partial charge in [0.1, 0.15) is 0 Å². The summed E-state index contributed by atoms with van der Waals surface area (Å²) in [7, 11) is 1.93. The molecule has 1 fully saturated rings. The number of halogens is 3. The van der Waals surface area contributed by atoms with Crippen LogP contribution in [-0.4, -0.2) is 37.0 Å². The Morgan fingerprint density at radius 1 is 1.52 bits per heavy atom. The van der Waals surface area contributed by atoms with Crippen LogP contribution >= 0.6 is 46.9 Å². The van der Waals surface area contributed by atoms with Crippen LogP contribution in [0.25, 0.3) is 0 Å². The van der Waals surface area contributed by atoms with Crippen LogP contribution in [0.5, 0.6) is 0 Å². The Bertz CT molecular complexity index is 467. The van der Waals surface area contributed by atoms with E-state index in [-0.39, 0.29) is 18.3 Å². The van der Waals surface area contributed by atoms with Gasteiger partial charge in [-0.05, 0) is 44.4 Å². The zero-order chi connectivity index (χ0) is 14.5. The molecule has 1 saturated heterocycles. The maximum absolute atomic E-state index is 12.3. The Morgan fingerprint density at radius 3 is 2.90 bits per heavy atom. The molecule has 1 atom stereocenters. The van der Waals surface area contributed by atoms with Crippen molar-refractivity contribution in [2.45, 2.75) is 38.1 Å². The first-order valence-corrected chi connectivity index (χ1v) is 8.57. The minimum Gasteiger partial charge on any atom is -0.338 e. The Morgan fingerprint density at radius 2 is 2.29 bits per heavy atom. The lowest BCUT2D eigenvalue weighted by Crippen LogP contribution is -2.40. The zero-order valence-corrected chi connectivity index (χ0v) is 15.2. The molecule has 2 rings (SSSR count). The lowest BCUT2D eigenvalue weighted by Gasteiger charge is -2.24. The number of nitrogens with one attached hydrogen (secondary N) is 1. The highest BCUT2D eigenvalue weighted by Gasteiger charge is 2.27. The van der Waals surface area contributed by atoms with Gasteiger partial charge < -0.3 is 10.2 Å².